The number of esters is 1. The van der Waals surface area contributed by atoms with E-state index in [1.165, 1.54) is 11.3 Å². The molecule has 2 aromatic heterocycles. The quantitative estimate of drug-likeness (QED) is 0.684. The van der Waals surface area contributed by atoms with Gasteiger partial charge >= 0.3 is 5.97 Å². The van der Waals surface area contributed by atoms with Crippen LogP contribution in [0.25, 0.3) is 10.2 Å². The second-order valence-corrected chi connectivity index (χ2v) is 5.56. The van der Waals surface area contributed by atoms with Crippen molar-refractivity contribution in [2.75, 3.05) is 0 Å². The van der Waals surface area contributed by atoms with Gasteiger partial charge in [0.1, 0.15) is 11.6 Å². The summed E-state index contributed by atoms with van der Waals surface area (Å²) in [6.07, 6.45) is 0. The summed E-state index contributed by atoms with van der Waals surface area (Å²) in [7, 11) is 0. The maximum Gasteiger partial charge on any atom is 0.339 e. The molecule has 0 saturated heterocycles. The van der Waals surface area contributed by atoms with Crippen LogP contribution in [0.15, 0.2) is 41.1 Å². The molecule has 2 heterocycles. The van der Waals surface area contributed by atoms with Crippen molar-refractivity contribution < 1.29 is 9.53 Å². The SMILES string of the molecule is O=C(OCc1nc2ccccc2s1)c1ccsc1. The zero-order valence-electron chi connectivity index (χ0n) is 9.33. The lowest BCUT2D eigenvalue weighted by Crippen LogP contribution is -2.03. The molecular weight excluding hydrogens is 266 g/mol. The predicted octanol–water partition coefficient (Wildman–Crippen LogP) is 3.71. The normalized spacial score (nSPS) is 10.7. The lowest BCUT2D eigenvalue weighted by atomic mass is 10.3. The average Bonchev–Trinajstić information content (AvgIpc) is 3.04. The molecule has 1 aromatic carbocycles. The van der Waals surface area contributed by atoms with Gasteiger partial charge in [0.2, 0.25) is 0 Å². The Bertz CT molecular complexity index is 640. The summed E-state index contributed by atoms with van der Waals surface area (Å²) in [5.74, 6) is -0.296. The summed E-state index contributed by atoms with van der Waals surface area (Å²) in [6.45, 7) is 0.230. The molecule has 0 amide bonds. The van der Waals surface area contributed by atoms with Crippen LogP contribution in [0.5, 0.6) is 0 Å². The van der Waals surface area contributed by atoms with Crippen LogP contribution in [0.2, 0.25) is 0 Å². The Labute approximate surface area is 112 Å². The topological polar surface area (TPSA) is 39.2 Å². The van der Waals surface area contributed by atoms with Gasteiger partial charge in [-0.25, -0.2) is 9.78 Å². The highest BCUT2D eigenvalue weighted by atomic mass is 32.1. The molecule has 0 aliphatic rings. The van der Waals surface area contributed by atoms with Crippen molar-refractivity contribution in [3.8, 4) is 0 Å². The molecule has 0 saturated carbocycles. The van der Waals surface area contributed by atoms with Crippen molar-refractivity contribution in [1.82, 2.24) is 4.98 Å². The fraction of sp³-hybridized carbons (Fsp3) is 0.0769. The average molecular weight is 275 g/mol. The smallest absolute Gasteiger partial charge is 0.339 e. The number of para-hydroxylation sites is 1. The highest BCUT2D eigenvalue weighted by Gasteiger charge is 2.09. The van der Waals surface area contributed by atoms with Crippen LogP contribution < -0.4 is 0 Å². The van der Waals surface area contributed by atoms with Gasteiger partial charge in [-0.2, -0.15) is 11.3 Å². The van der Waals surface area contributed by atoms with E-state index in [1.807, 2.05) is 29.6 Å². The molecule has 0 N–H and O–H groups in total. The first-order chi connectivity index (χ1) is 8.83. The lowest BCUT2D eigenvalue weighted by molar-refractivity contribution is 0.0473. The Kier molecular flexibility index (Phi) is 3.08. The van der Waals surface area contributed by atoms with Gasteiger partial charge in [-0.3, -0.25) is 0 Å². The molecule has 0 fully saturated rings. The molecule has 0 spiro atoms. The predicted molar refractivity (Wildman–Crippen MR) is 73.1 cm³/mol. The van der Waals surface area contributed by atoms with E-state index in [2.05, 4.69) is 4.98 Å². The summed E-state index contributed by atoms with van der Waals surface area (Å²) < 4.78 is 6.33. The monoisotopic (exact) mass is 275 g/mol. The molecule has 0 radical (unpaired) electrons. The van der Waals surface area contributed by atoms with E-state index in [-0.39, 0.29) is 12.6 Å². The molecular formula is C13H9NO2S2. The van der Waals surface area contributed by atoms with Crippen molar-refractivity contribution in [3.63, 3.8) is 0 Å². The first kappa shape index (κ1) is 11.4. The molecule has 18 heavy (non-hydrogen) atoms. The van der Waals surface area contributed by atoms with Crippen molar-refractivity contribution in [2.45, 2.75) is 6.61 Å². The minimum absolute atomic E-state index is 0.230. The number of aromatic nitrogens is 1. The third-order valence-electron chi connectivity index (χ3n) is 2.42. The lowest BCUT2D eigenvalue weighted by Gasteiger charge is -1.99. The summed E-state index contributed by atoms with van der Waals surface area (Å²) in [5.41, 5.74) is 1.55. The Morgan fingerprint density at radius 1 is 1.28 bits per heavy atom. The molecule has 5 heteroatoms. The summed E-state index contributed by atoms with van der Waals surface area (Å²) in [6, 6.07) is 9.64. The van der Waals surface area contributed by atoms with E-state index in [9.17, 15) is 4.79 Å². The molecule has 0 unspecified atom stereocenters. The highest BCUT2D eigenvalue weighted by molar-refractivity contribution is 7.18. The van der Waals surface area contributed by atoms with E-state index in [0.29, 0.717) is 5.56 Å². The molecule has 90 valence electrons. The minimum Gasteiger partial charge on any atom is -0.455 e. The minimum atomic E-state index is -0.296. The largest absolute Gasteiger partial charge is 0.455 e. The van der Waals surface area contributed by atoms with Gasteiger partial charge in [0.25, 0.3) is 0 Å². The molecule has 0 bridgehead atoms. The van der Waals surface area contributed by atoms with E-state index in [1.54, 1.807) is 22.8 Å². The summed E-state index contributed by atoms with van der Waals surface area (Å²) in [4.78, 5) is 16.1. The number of thiophene rings is 1. The zero-order chi connectivity index (χ0) is 12.4. The van der Waals surface area contributed by atoms with Crippen LogP contribution in [-0.2, 0) is 11.3 Å². The number of carbonyl (C=O) groups excluding carboxylic acids is 1. The number of benzene rings is 1. The first-order valence-corrected chi connectivity index (χ1v) is 7.12. The molecule has 3 rings (SSSR count). The number of hydrogen-bond donors (Lipinski definition) is 0. The van der Waals surface area contributed by atoms with Crippen molar-refractivity contribution >= 4 is 38.9 Å². The standard InChI is InChI=1S/C13H9NO2S2/c15-13(9-5-6-17-8-9)16-7-12-14-10-3-1-2-4-11(10)18-12/h1-6,8H,7H2. The van der Waals surface area contributed by atoms with Gasteiger partial charge in [0.15, 0.2) is 0 Å². The third kappa shape index (κ3) is 2.27. The number of thiazole rings is 1. The summed E-state index contributed by atoms with van der Waals surface area (Å²) in [5, 5.41) is 4.45. The summed E-state index contributed by atoms with van der Waals surface area (Å²) >= 11 is 3.03. The van der Waals surface area contributed by atoms with Crippen molar-refractivity contribution in [1.29, 1.82) is 0 Å². The number of rotatable bonds is 3. The molecule has 3 nitrogen and oxygen atoms in total. The molecule has 0 aliphatic carbocycles. The van der Waals surface area contributed by atoms with Crippen molar-refractivity contribution in [3.05, 3.63) is 51.7 Å². The zero-order valence-corrected chi connectivity index (χ0v) is 11.0. The van der Waals surface area contributed by atoms with Gasteiger partial charge < -0.3 is 4.74 Å². The maximum atomic E-state index is 11.7. The molecule has 0 atom stereocenters. The first-order valence-electron chi connectivity index (χ1n) is 5.37. The van der Waals surface area contributed by atoms with Crippen LogP contribution in [0.4, 0.5) is 0 Å². The van der Waals surface area contributed by atoms with Gasteiger partial charge in [-0.15, -0.1) is 11.3 Å². The van der Waals surface area contributed by atoms with Crippen LogP contribution in [0.1, 0.15) is 15.4 Å². The van der Waals surface area contributed by atoms with E-state index >= 15 is 0 Å². The van der Waals surface area contributed by atoms with E-state index in [0.717, 1.165) is 15.2 Å². The molecule has 0 aliphatic heterocycles. The van der Waals surface area contributed by atoms with Crippen LogP contribution >= 0.6 is 22.7 Å². The highest BCUT2D eigenvalue weighted by Crippen LogP contribution is 2.22. The van der Waals surface area contributed by atoms with Gasteiger partial charge in [-0.1, -0.05) is 12.1 Å². The second kappa shape index (κ2) is 4.88. The maximum absolute atomic E-state index is 11.7. The molecule has 3 aromatic rings. The Morgan fingerprint density at radius 3 is 2.94 bits per heavy atom. The number of hydrogen-bond acceptors (Lipinski definition) is 5. The van der Waals surface area contributed by atoms with Crippen LogP contribution in [-0.4, -0.2) is 11.0 Å². The second-order valence-electron chi connectivity index (χ2n) is 3.66. The fourth-order valence-electron chi connectivity index (χ4n) is 1.57. The van der Waals surface area contributed by atoms with Gasteiger partial charge in [0.05, 0.1) is 15.8 Å². The fourth-order valence-corrected chi connectivity index (χ4v) is 3.08. The third-order valence-corrected chi connectivity index (χ3v) is 4.11. The van der Waals surface area contributed by atoms with Crippen molar-refractivity contribution in [2.24, 2.45) is 0 Å². The van der Waals surface area contributed by atoms with Crippen LogP contribution in [0.3, 0.4) is 0 Å². The van der Waals surface area contributed by atoms with E-state index in [4.69, 9.17) is 4.74 Å². The number of nitrogens with zero attached hydrogens (tertiary/aromatic N) is 1. The van der Waals surface area contributed by atoms with Gasteiger partial charge in [-0.05, 0) is 23.6 Å². The number of ether oxygens (including phenoxy) is 1. The number of carbonyl (C=O) groups is 1. The van der Waals surface area contributed by atoms with Gasteiger partial charge in [0, 0.05) is 5.38 Å². The van der Waals surface area contributed by atoms with Crippen LogP contribution in [0, 0.1) is 0 Å². The Morgan fingerprint density at radius 2 is 2.17 bits per heavy atom. The number of fused-ring (bicyclic) bond motifs is 1. The van der Waals surface area contributed by atoms with E-state index < -0.39 is 0 Å². The Hall–Kier alpha value is -1.72. The Balaban J connectivity index is 1.71.